The molecule has 0 N–H and O–H groups in total. The number of hydrogen-bond donors (Lipinski definition) is 0. The molecule has 0 aliphatic carbocycles. The maximum Gasteiger partial charge on any atom is 0.175 e. The van der Waals surface area contributed by atoms with Crippen LogP contribution in [0.5, 0.6) is 17.2 Å². The van der Waals surface area contributed by atoms with Gasteiger partial charge in [0.15, 0.2) is 11.5 Å². The number of rotatable bonds is 9. The molecule has 0 heterocycles. The summed E-state index contributed by atoms with van der Waals surface area (Å²) in [6, 6.07) is 19.3. The molecule has 0 aliphatic rings. The number of hydrogen-bond acceptors (Lipinski definition) is 4. The third-order valence-electron chi connectivity index (χ3n) is 4.11. The van der Waals surface area contributed by atoms with Gasteiger partial charge in [-0.05, 0) is 96.1 Å². The van der Waals surface area contributed by atoms with Crippen LogP contribution in [0.2, 0.25) is 5.02 Å². The van der Waals surface area contributed by atoms with Crippen molar-refractivity contribution in [2.45, 2.75) is 20.5 Å². The van der Waals surface area contributed by atoms with Crippen molar-refractivity contribution in [3.8, 4) is 17.2 Å². The lowest BCUT2D eigenvalue weighted by molar-refractivity contribution is 0.267. The molecule has 0 bridgehead atoms. The molecule has 0 fully saturated rings. The van der Waals surface area contributed by atoms with E-state index in [1.807, 2.05) is 80.7 Å². The Morgan fingerprint density at radius 2 is 1.70 bits per heavy atom. The molecule has 0 aromatic heterocycles. The van der Waals surface area contributed by atoms with E-state index in [1.54, 1.807) is 0 Å². The van der Waals surface area contributed by atoms with Crippen LogP contribution in [0.4, 0.5) is 5.69 Å². The zero-order chi connectivity index (χ0) is 21.3. The summed E-state index contributed by atoms with van der Waals surface area (Å²) < 4.78 is 18.3. The normalized spacial score (nSPS) is 10.9. The molecule has 0 saturated carbocycles. The summed E-state index contributed by atoms with van der Waals surface area (Å²) in [5.74, 6) is 2.25. The van der Waals surface area contributed by atoms with Crippen molar-refractivity contribution in [1.82, 2.24) is 0 Å². The van der Waals surface area contributed by atoms with E-state index >= 15 is 0 Å². The Morgan fingerprint density at radius 3 is 2.40 bits per heavy atom. The number of aliphatic imine (C=N–C) groups is 1. The summed E-state index contributed by atoms with van der Waals surface area (Å²) in [5, 5.41) is 0.691. The number of benzene rings is 3. The molecule has 0 spiro atoms. The quantitative estimate of drug-likeness (QED) is 0.217. The predicted octanol–water partition coefficient (Wildman–Crippen LogP) is 7.07. The zero-order valence-electron chi connectivity index (χ0n) is 16.9. The third kappa shape index (κ3) is 6.37. The maximum absolute atomic E-state index is 6.07. The van der Waals surface area contributed by atoms with Crippen LogP contribution in [0, 0.1) is 3.57 Å². The number of ether oxygens (including phenoxy) is 3. The Labute approximate surface area is 196 Å². The first-order valence-electron chi connectivity index (χ1n) is 9.69. The van der Waals surface area contributed by atoms with Crippen molar-refractivity contribution in [2.75, 3.05) is 13.2 Å². The lowest BCUT2D eigenvalue weighted by Gasteiger charge is -2.15. The Hall–Kier alpha value is -2.25. The number of halogens is 2. The molecule has 0 atom stereocenters. The van der Waals surface area contributed by atoms with E-state index in [-0.39, 0.29) is 0 Å². The minimum atomic E-state index is 0.413. The Kier molecular flexibility index (Phi) is 8.39. The maximum atomic E-state index is 6.07. The van der Waals surface area contributed by atoms with E-state index in [0.717, 1.165) is 31.9 Å². The summed E-state index contributed by atoms with van der Waals surface area (Å²) in [7, 11) is 0. The summed E-state index contributed by atoms with van der Waals surface area (Å²) in [5.41, 5.74) is 2.79. The molecule has 3 aromatic carbocycles. The van der Waals surface area contributed by atoms with Crippen LogP contribution in [-0.4, -0.2) is 19.4 Å². The second kappa shape index (κ2) is 11.2. The van der Waals surface area contributed by atoms with Gasteiger partial charge in [0.1, 0.15) is 12.4 Å². The molecule has 3 aromatic rings. The van der Waals surface area contributed by atoms with Gasteiger partial charge in [0.25, 0.3) is 0 Å². The molecule has 0 radical (unpaired) electrons. The minimum Gasteiger partial charge on any atom is -0.494 e. The SMILES string of the molecule is CCOc1ccc(N=Cc2cc(I)c(OCc3cccc(Cl)c3)c(OCC)c2)cc1. The van der Waals surface area contributed by atoms with E-state index in [9.17, 15) is 0 Å². The van der Waals surface area contributed by atoms with Gasteiger partial charge in [0.2, 0.25) is 0 Å². The molecule has 156 valence electrons. The standard InChI is InChI=1S/C24H23ClINO3/c1-3-28-21-10-8-20(9-11-21)27-15-18-13-22(26)24(23(14-18)29-4-2)30-16-17-6-5-7-19(25)12-17/h5-15H,3-4,16H2,1-2H3. The largest absolute Gasteiger partial charge is 0.494 e. The molecule has 4 nitrogen and oxygen atoms in total. The first kappa shape index (κ1) is 22.4. The van der Waals surface area contributed by atoms with Gasteiger partial charge in [0.05, 0.1) is 22.5 Å². The highest BCUT2D eigenvalue weighted by Crippen LogP contribution is 2.35. The van der Waals surface area contributed by atoms with Crippen molar-refractivity contribution < 1.29 is 14.2 Å². The van der Waals surface area contributed by atoms with Crippen LogP contribution in [0.15, 0.2) is 65.7 Å². The highest BCUT2D eigenvalue weighted by atomic mass is 127. The van der Waals surface area contributed by atoms with Crippen molar-refractivity contribution in [3.63, 3.8) is 0 Å². The zero-order valence-corrected chi connectivity index (χ0v) is 19.8. The monoisotopic (exact) mass is 535 g/mol. The molecule has 0 saturated heterocycles. The molecular formula is C24H23ClINO3. The molecule has 3 rings (SSSR count). The first-order chi connectivity index (χ1) is 14.6. The second-order valence-corrected chi connectivity index (χ2v) is 7.97. The summed E-state index contributed by atoms with van der Waals surface area (Å²) in [6.45, 7) is 5.52. The van der Waals surface area contributed by atoms with Gasteiger partial charge in [-0.15, -0.1) is 0 Å². The minimum absolute atomic E-state index is 0.413. The lowest BCUT2D eigenvalue weighted by atomic mass is 10.2. The smallest absolute Gasteiger partial charge is 0.175 e. The molecule has 0 amide bonds. The van der Waals surface area contributed by atoms with Crippen molar-refractivity contribution in [1.29, 1.82) is 0 Å². The van der Waals surface area contributed by atoms with Gasteiger partial charge in [-0.2, -0.15) is 0 Å². The van der Waals surface area contributed by atoms with Crippen molar-refractivity contribution >= 4 is 46.1 Å². The van der Waals surface area contributed by atoms with Crippen LogP contribution in [-0.2, 0) is 6.61 Å². The predicted molar refractivity (Wildman–Crippen MR) is 131 cm³/mol. The lowest BCUT2D eigenvalue weighted by Crippen LogP contribution is -2.02. The molecule has 30 heavy (non-hydrogen) atoms. The van der Waals surface area contributed by atoms with E-state index < -0.39 is 0 Å². The van der Waals surface area contributed by atoms with Crippen LogP contribution < -0.4 is 14.2 Å². The molecular weight excluding hydrogens is 513 g/mol. The van der Waals surface area contributed by atoms with E-state index in [0.29, 0.717) is 30.6 Å². The fraction of sp³-hybridized carbons (Fsp3) is 0.208. The van der Waals surface area contributed by atoms with Gasteiger partial charge in [-0.25, -0.2) is 0 Å². The summed E-state index contributed by atoms with van der Waals surface area (Å²) >= 11 is 8.33. The van der Waals surface area contributed by atoms with Gasteiger partial charge < -0.3 is 14.2 Å². The Balaban J connectivity index is 1.77. The molecule has 6 heteroatoms. The van der Waals surface area contributed by atoms with Crippen LogP contribution in [0.25, 0.3) is 0 Å². The van der Waals surface area contributed by atoms with Gasteiger partial charge in [-0.3, -0.25) is 4.99 Å². The van der Waals surface area contributed by atoms with Crippen molar-refractivity contribution in [3.05, 3.63) is 80.4 Å². The average Bonchev–Trinajstić information content (AvgIpc) is 2.73. The number of nitrogens with zero attached hydrogens (tertiary/aromatic N) is 1. The van der Waals surface area contributed by atoms with Crippen LogP contribution in [0.3, 0.4) is 0 Å². The van der Waals surface area contributed by atoms with E-state index in [2.05, 4.69) is 27.6 Å². The van der Waals surface area contributed by atoms with Gasteiger partial charge >= 0.3 is 0 Å². The molecule has 0 aliphatic heterocycles. The summed E-state index contributed by atoms with van der Waals surface area (Å²) in [6.07, 6.45) is 1.82. The van der Waals surface area contributed by atoms with Crippen LogP contribution >= 0.6 is 34.2 Å². The molecule has 0 unspecified atom stereocenters. The second-order valence-electron chi connectivity index (χ2n) is 6.37. The average molecular weight is 536 g/mol. The third-order valence-corrected chi connectivity index (χ3v) is 5.15. The Bertz CT molecular complexity index is 1010. The van der Waals surface area contributed by atoms with Crippen LogP contribution in [0.1, 0.15) is 25.0 Å². The summed E-state index contributed by atoms with van der Waals surface area (Å²) in [4.78, 5) is 4.56. The first-order valence-corrected chi connectivity index (χ1v) is 11.1. The van der Waals surface area contributed by atoms with Gasteiger partial charge in [-0.1, -0.05) is 23.7 Å². The Morgan fingerprint density at radius 1 is 0.933 bits per heavy atom. The van der Waals surface area contributed by atoms with Gasteiger partial charge in [0, 0.05) is 11.2 Å². The fourth-order valence-corrected chi connectivity index (χ4v) is 3.79. The topological polar surface area (TPSA) is 40.0 Å². The van der Waals surface area contributed by atoms with Crippen molar-refractivity contribution in [2.24, 2.45) is 4.99 Å². The van der Waals surface area contributed by atoms with E-state index in [4.69, 9.17) is 25.8 Å². The highest BCUT2D eigenvalue weighted by molar-refractivity contribution is 14.1. The fourth-order valence-electron chi connectivity index (χ4n) is 2.79. The van der Waals surface area contributed by atoms with E-state index in [1.165, 1.54) is 0 Å². The highest BCUT2D eigenvalue weighted by Gasteiger charge is 2.12.